The number of likely N-dealkylation sites (tertiary alicyclic amines) is 1. The van der Waals surface area contributed by atoms with Crippen molar-refractivity contribution in [2.75, 3.05) is 36.1 Å². The quantitative estimate of drug-likeness (QED) is 0.165. The van der Waals surface area contributed by atoms with Crippen LogP contribution in [0.4, 0.5) is 27.8 Å². The molecule has 5 rings (SSSR count). The van der Waals surface area contributed by atoms with Gasteiger partial charge in [-0.3, -0.25) is 14.4 Å². The summed E-state index contributed by atoms with van der Waals surface area (Å²) in [5.41, 5.74) is -0.391. The van der Waals surface area contributed by atoms with Gasteiger partial charge < -0.3 is 25.2 Å². The van der Waals surface area contributed by atoms with Crippen molar-refractivity contribution >= 4 is 56.1 Å². The van der Waals surface area contributed by atoms with Gasteiger partial charge in [0.2, 0.25) is 0 Å². The lowest BCUT2D eigenvalue weighted by Crippen LogP contribution is -2.67. The fourth-order valence-electron chi connectivity index (χ4n) is 5.93. The van der Waals surface area contributed by atoms with E-state index in [1.807, 2.05) is 20.8 Å². The molecule has 248 valence electrons. The second-order valence-corrected chi connectivity index (χ2v) is 13.9. The Bertz CT molecular complexity index is 1910. The summed E-state index contributed by atoms with van der Waals surface area (Å²) in [6.07, 6.45) is 0.488. The van der Waals surface area contributed by atoms with Crippen molar-refractivity contribution < 1.29 is 32.6 Å². The molecule has 4 N–H and O–H groups in total. The minimum Gasteiger partial charge on any atom is -0.497 e. The van der Waals surface area contributed by atoms with E-state index in [2.05, 4.69) is 25.3 Å². The topological polar surface area (TPSA) is 172 Å². The number of hydrogen-bond donors (Lipinski definition) is 4. The molecule has 1 fully saturated rings. The highest BCUT2D eigenvalue weighted by Crippen LogP contribution is 2.44. The predicted octanol–water partition coefficient (Wildman–Crippen LogP) is 6.08. The largest absolute Gasteiger partial charge is 0.497 e. The van der Waals surface area contributed by atoms with Crippen molar-refractivity contribution in [3.8, 4) is 11.5 Å². The monoisotopic (exact) mass is 662 g/mol. The molecule has 1 unspecified atom stereocenters. The molecule has 2 amide bonds. The SMILES string of the molecule is COc1cc(Nc2nc3ccccc3nc2NS(=O)(=O)c2cccc(NC(=O)C3(C(C)(C)C)CCCCN3C(=O)O)c2)cc(OC)c1. The number of carbonyl (C=O) groups is 2. The first-order valence-corrected chi connectivity index (χ1v) is 16.5. The standard InChI is InChI=1S/C33H38N6O7S/c1-32(2,3)33(15-8-9-16-39(33)31(41)42)30(40)35-21-11-10-12-25(19-21)47(43,44)38-29-28(36-26-13-6-7-14-27(26)37-29)34-22-17-23(45-4)20-24(18-22)46-5/h6-7,10-14,17-20H,8-9,15-16H2,1-5H3,(H,34,36)(H,35,40)(H,37,38)(H,41,42). The Kier molecular flexibility index (Phi) is 9.16. The number of nitrogens with one attached hydrogen (secondary N) is 3. The smallest absolute Gasteiger partial charge is 0.408 e. The van der Waals surface area contributed by atoms with Crippen LogP contribution in [-0.4, -0.2) is 66.7 Å². The number of rotatable bonds is 9. The van der Waals surface area contributed by atoms with Crippen molar-refractivity contribution in [3.05, 3.63) is 66.7 Å². The molecule has 0 bridgehead atoms. The number of carboxylic acid groups (broad SMARTS) is 1. The minimum atomic E-state index is -4.27. The molecule has 13 nitrogen and oxygen atoms in total. The van der Waals surface area contributed by atoms with E-state index in [1.165, 1.54) is 37.3 Å². The fourth-order valence-corrected chi connectivity index (χ4v) is 6.98. The third-order valence-corrected chi connectivity index (χ3v) is 9.63. The highest BCUT2D eigenvalue weighted by Gasteiger charge is 2.55. The maximum absolute atomic E-state index is 13.9. The van der Waals surface area contributed by atoms with Gasteiger partial charge in [0.1, 0.15) is 17.0 Å². The Morgan fingerprint density at radius 2 is 1.51 bits per heavy atom. The third-order valence-electron chi connectivity index (χ3n) is 8.30. The maximum atomic E-state index is 13.9. The van der Waals surface area contributed by atoms with Crippen molar-refractivity contribution in [2.24, 2.45) is 5.41 Å². The van der Waals surface area contributed by atoms with E-state index < -0.39 is 33.0 Å². The van der Waals surface area contributed by atoms with Crippen LogP contribution in [-0.2, 0) is 14.8 Å². The number of nitrogens with zero attached hydrogens (tertiary/aromatic N) is 3. The summed E-state index contributed by atoms with van der Waals surface area (Å²) < 4.78 is 40.9. The van der Waals surface area contributed by atoms with Crippen LogP contribution in [0.2, 0.25) is 0 Å². The molecule has 14 heteroatoms. The van der Waals surface area contributed by atoms with Crippen LogP contribution >= 0.6 is 0 Å². The van der Waals surface area contributed by atoms with Crippen LogP contribution in [0, 0.1) is 5.41 Å². The number of carbonyl (C=O) groups excluding carboxylic acids is 1. The van der Waals surface area contributed by atoms with Gasteiger partial charge in [-0.05, 0) is 55.0 Å². The summed E-state index contributed by atoms with van der Waals surface area (Å²) >= 11 is 0. The third kappa shape index (κ3) is 6.73. The van der Waals surface area contributed by atoms with Crippen LogP contribution in [0.25, 0.3) is 11.0 Å². The number of aromatic nitrogens is 2. The molecule has 47 heavy (non-hydrogen) atoms. The lowest BCUT2D eigenvalue weighted by molar-refractivity contribution is -0.137. The molecular formula is C33H38N6O7S. The van der Waals surface area contributed by atoms with Gasteiger partial charge in [0, 0.05) is 36.1 Å². The fraction of sp³-hybridized carbons (Fsp3) is 0.333. The molecule has 0 aliphatic carbocycles. The van der Waals surface area contributed by atoms with E-state index in [4.69, 9.17) is 9.47 Å². The predicted molar refractivity (Wildman–Crippen MR) is 179 cm³/mol. The summed E-state index contributed by atoms with van der Waals surface area (Å²) in [6, 6.07) is 17.9. The molecule has 0 saturated carbocycles. The second-order valence-electron chi connectivity index (χ2n) is 12.2. The first-order chi connectivity index (χ1) is 22.3. The van der Waals surface area contributed by atoms with Crippen molar-refractivity contribution in [1.82, 2.24) is 14.9 Å². The van der Waals surface area contributed by atoms with Crippen molar-refractivity contribution in [2.45, 2.75) is 50.5 Å². The molecule has 0 spiro atoms. The van der Waals surface area contributed by atoms with Gasteiger partial charge in [-0.15, -0.1) is 0 Å². The molecule has 1 atom stereocenters. The average Bonchev–Trinajstić information content (AvgIpc) is 3.04. The first-order valence-electron chi connectivity index (χ1n) is 15.0. The Labute approximate surface area is 273 Å². The van der Waals surface area contributed by atoms with E-state index in [1.54, 1.807) is 48.5 Å². The number of methoxy groups -OCH3 is 2. The first kappa shape index (κ1) is 33.3. The van der Waals surface area contributed by atoms with Crippen molar-refractivity contribution in [1.29, 1.82) is 0 Å². The zero-order valence-electron chi connectivity index (χ0n) is 26.8. The minimum absolute atomic E-state index is 0.0640. The Morgan fingerprint density at radius 3 is 2.11 bits per heavy atom. The molecule has 1 aliphatic heterocycles. The van der Waals surface area contributed by atoms with Gasteiger partial charge in [-0.1, -0.05) is 39.0 Å². The van der Waals surface area contributed by atoms with Gasteiger partial charge in [0.05, 0.1) is 30.1 Å². The molecule has 0 radical (unpaired) electrons. The number of fused-ring (bicyclic) bond motifs is 1. The maximum Gasteiger partial charge on any atom is 0.408 e. The van der Waals surface area contributed by atoms with E-state index in [9.17, 15) is 23.1 Å². The lowest BCUT2D eigenvalue weighted by Gasteiger charge is -2.51. The van der Waals surface area contributed by atoms with E-state index in [-0.39, 0.29) is 28.8 Å². The second kappa shape index (κ2) is 12.9. The van der Waals surface area contributed by atoms with E-state index >= 15 is 0 Å². The van der Waals surface area contributed by atoms with Crippen LogP contribution in [0.1, 0.15) is 40.0 Å². The molecule has 1 saturated heterocycles. The zero-order valence-corrected chi connectivity index (χ0v) is 27.6. The van der Waals surface area contributed by atoms with Crippen LogP contribution in [0.5, 0.6) is 11.5 Å². The summed E-state index contributed by atoms with van der Waals surface area (Å²) in [5.74, 6) is 0.565. The Morgan fingerprint density at radius 1 is 0.872 bits per heavy atom. The zero-order chi connectivity index (χ0) is 34.0. The van der Waals surface area contributed by atoms with Gasteiger partial charge in [-0.2, -0.15) is 0 Å². The Hall–Kier alpha value is -5.11. The van der Waals surface area contributed by atoms with Crippen molar-refractivity contribution in [3.63, 3.8) is 0 Å². The van der Waals surface area contributed by atoms with E-state index in [0.717, 1.165) is 0 Å². The molecule has 2 heterocycles. The number of ether oxygens (including phenoxy) is 2. The van der Waals surface area contributed by atoms with E-state index in [0.29, 0.717) is 47.5 Å². The number of amides is 2. The summed E-state index contributed by atoms with van der Waals surface area (Å²) in [6.45, 7) is 5.72. The summed E-state index contributed by atoms with van der Waals surface area (Å²) in [5, 5.41) is 15.9. The highest BCUT2D eigenvalue weighted by atomic mass is 32.2. The van der Waals surface area contributed by atoms with Gasteiger partial charge in [0.25, 0.3) is 15.9 Å². The average molecular weight is 663 g/mol. The normalized spacial score (nSPS) is 16.7. The summed E-state index contributed by atoms with van der Waals surface area (Å²) in [4.78, 5) is 36.4. The van der Waals surface area contributed by atoms with Gasteiger partial charge in [-0.25, -0.2) is 23.2 Å². The number of piperidine rings is 1. The van der Waals surface area contributed by atoms with Gasteiger partial charge >= 0.3 is 6.09 Å². The Balaban J connectivity index is 1.48. The number of benzene rings is 3. The van der Waals surface area contributed by atoms with Crippen LogP contribution < -0.4 is 24.8 Å². The molecule has 1 aromatic heterocycles. The highest BCUT2D eigenvalue weighted by molar-refractivity contribution is 7.92. The van der Waals surface area contributed by atoms with Crippen LogP contribution in [0.3, 0.4) is 0 Å². The van der Waals surface area contributed by atoms with Crippen LogP contribution in [0.15, 0.2) is 71.6 Å². The molecule has 4 aromatic rings. The number of para-hydroxylation sites is 2. The van der Waals surface area contributed by atoms with Gasteiger partial charge in [0.15, 0.2) is 11.6 Å². The number of hydrogen-bond acceptors (Lipinski definition) is 9. The lowest BCUT2D eigenvalue weighted by atomic mass is 9.67. The molecular weight excluding hydrogens is 624 g/mol. The summed E-state index contributed by atoms with van der Waals surface area (Å²) in [7, 11) is -1.23. The number of sulfonamides is 1. The molecule has 1 aliphatic rings. The molecule has 3 aromatic carbocycles. The number of anilines is 4.